The van der Waals surface area contributed by atoms with Crippen LogP contribution in [0.25, 0.3) is 0 Å². The predicted molar refractivity (Wildman–Crippen MR) is 82.9 cm³/mol. The van der Waals surface area contributed by atoms with Gasteiger partial charge in [-0.05, 0) is 50.6 Å². The van der Waals surface area contributed by atoms with Gasteiger partial charge >= 0.3 is 0 Å². The molecule has 1 aromatic carbocycles. The Balaban J connectivity index is 2.83. The Labute approximate surface area is 124 Å². The molecule has 3 N–H and O–H groups in total. The molecule has 4 heteroatoms. The number of nitrogens with one attached hydrogen (secondary N) is 1. The Bertz CT molecular complexity index is 430. The fourth-order valence-corrected chi connectivity index (χ4v) is 2.38. The van der Waals surface area contributed by atoms with E-state index in [1.807, 2.05) is 19.9 Å². The minimum absolute atomic E-state index is 0.0332. The zero-order chi connectivity index (χ0) is 14.7. The molecule has 0 bridgehead atoms. The molecule has 0 fully saturated rings. The lowest BCUT2D eigenvalue weighted by atomic mass is 9.83. The summed E-state index contributed by atoms with van der Waals surface area (Å²) in [6, 6.07) is 5.08. The SMILES string of the molecule is CC(C)(CCN)NCC(C)(C)c1cc(Br)ccc1F. The van der Waals surface area contributed by atoms with E-state index in [9.17, 15) is 4.39 Å². The zero-order valence-electron chi connectivity index (χ0n) is 12.2. The lowest BCUT2D eigenvalue weighted by Crippen LogP contribution is -2.46. The van der Waals surface area contributed by atoms with E-state index >= 15 is 0 Å². The minimum atomic E-state index is -0.278. The Morgan fingerprint density at radius 1 is 1.26 bits per heavy atom. The first-order valence-electron chi connectivity index (χ1n) is 6.58. The maximum atomic E-state index is 14.0. The van der Waals surface area contributed by atoms with E-state index in [1.165, 1.54) is 6.07 Å². The average Bonchev–Trinajstić information content (AvgIpc) is 2.30. The quantitative estimate of drug-likeness (QED) is 0.836. The fourth-order valence-electron chi connectivity index (χ4n) is 2.02. The third-order valence-electron chi connectivity index (χ3n) is 3.44. The first kappa shape index (κ1) is 16.6. The second-order valence-corrected chi connectivity index (χ2v) is 7.20. The Kier molecular flexibility index (Phi) is 5.53. The van der Waals surface area contributed by atoms with Crippen molar-refractivity contribution >= 4 is 15.9 Å². The highest BCUT2D eigenvalue weighted by Crippen LogP contribution is 2.28. The van der Waals surface area contributed by atoms with Crippen molar-refractivity contribution in [1.29, 1.82) is 0 Å². The van der Waals surface area contributed by atoms with Gasteiger partial charge in [-0.2, -0.15) is 0 Å². The van der Waals surface area contributed by atoms with Gasteiger partial charge in [0.2, 0.25) is 0 Å². The fraction of sp³-hybridized carbons (Fsp3) is 0.600. The molecule has 0 aliphatic carbocycles. The van der Waals surface area contributed by atoms with Crippen molar-refractivity contribution in [3.63, 3.8) is 0 Å². The first-order chi connectivity index (χ1) is 8.68. The summed E-state index contributed by atoms with van der Waals surface area (Å²) in [5.74, 6) is -0.161. The second kappa shape index (κ2) is 6.33. The summed E-state index contributed by atoms with van der Waals surface area (Å²) in [7, 11) is 0. The van der Waals surface area contributed by atoms with E-state index in [4.69, 9.17) is 5.73 Å². The van der Waals surface area contributed by atoms with E-state index in [-0.39, 0.29) is 16.8 Å². The molecule has 0 saturated heterocycles. The van der Waals surface area contributed by atoms with Gasteiger partial charge in [0.15, 0.2) is 0 Å². The van der Waals surface area contributed by atoms with Crippen LogP contribution in [0.2, 0.25) is 0 Å². The molecule has 0 heterocycles. The molecule has 1 rings (SSSR count). The van der Waals surface area contributed by atoms with Crippen LogP contribution in [-0.4, -0.2) is 18.6 Å². The summed E-state index contributed by atoms with van der Waals surface area (Å²) >= 11 is 3.40. The summed E-state index contributed by atoms with van der Waals surface area (Å²) < 4.78 is 14.9. The molecule has 108 valence electrons. The Morgan fingerprint density at radius 3 is 2.47 bits per heavy atom. The van der Waals surface area contributed by atoms with E-state index in [1.54, 1.807) is 6.07 Å². The average molecular weight is 331 g/mol. The lowest BCUT2D eigenvalue weighted by Gasteiger charge is -2.33. The van der Waals surface area contributed by atoms with Crippen LogP contribution in [0, 0.1) is 5.82 Å². The van der Waals surface area contributed by atoms with Gasteiger partial charge in [0.25, 0.3) is 0 Å². The van der Waals surface area contributed by atoms with Gasteiger partial charge in [-0.1, -0.05) is 29.8 Å². The van der Waals surface area contributed by atoms with Crippen LogP contribution in [0.3, 0.4) is 0 Å². The monoisotopic (exact) mass is 330 g/mol. The molecular formula is C15H24BrFN2. The number of hydrogen-bond acceptors (Lipinski definition) is 2. The Hall–Kier alpha value is -0.450. The number of hydrogen-bond donors (Lipinski definition) is 2. The van der Waals surface area contributed by atoms with Gasteiger partial charge in [0.1, 0.15) is 5.82 Å². The molecule has 0 atom stereocenters. The van der Waals surface area contributed by atoms with Crippen molar-refractivity contribution in [1.82, 2.24) is 5.32 Å². The minimum Gasteiger partial charge on any atom is -0.330 e. The number of rotatable bonds is 6. The van der Waals surface area contributed by atoms with Crippen LogP contribution < -0.4 is 11.1 Å². The van der Waals surface area contributed by atoms with Crippen molar-refractivity contribution in [3.8, 4) is 0 Å². The van der Waals surface area contributed by atoms with Crippen molar-refractivity contribution in [2.75, 3.05) is 13.1 Å². The number of halogens is 2. The van der Waals surface area contributed by atoms with E-state index in [0.29, 0.717) is 13.1 Å². The third-order valence-corrected chi connectivity index (χ3v) is 3.93. The first-order valence-corrected chi connectivity index (χ1v) is 7.38. The van der Waals surface area contributed by atoms with E-state index in [2.05, 4.69) is 35.1 Å². The van der Waals surface area contributed by atoms with Crippen molar-refractivity contribution < 1.29 is 4.39 Å². The maximum Gasteiger partial charge on any atom is 0.127 e. The van der Waals surface area contributed by atoms with Gasteiger partial charge in [-0.15, -0.1) is 0 Å². The summed E-state index contributed by atoms with van der Waals surface area (Å²) in [5.41, 5.74) is 6.01. The standard InChI is InChI=1S/C15H24BrFN2/c1-14(2,10-19-15(3,4)7-8-18)12-9-11(16)5-6-13(12)17/h5-6,9,19H,7-8,10,18H2,1-4H3. The highest BCUT2D eigenvalue weighted by atomic mass is 79.9. The van der Waals surface area contributed by atoms with Crippen LogP contribution in [0.5, 0.6) is 0 Å². The van der Waals surface area contributed by atoms with Gasteiger partial charge in [0.05, 0.1) is 0 Å². The number of benzene rings is 1. The zero-order valence-corrected chi connectivity index (χ0v) is 13.8. The number of nitrogens with two attached hydrogens (primary N) is 1. The molecule has 2 nitrogen and oxygen atoms in total. The molecule has 0 amide bonds. The van der Waals surface area contributed by atoms with Gasteiger partial charge in [-0.3, -0.25) is 0 Å². The lowest BCUT2D eigenvalue weighted by molar-refractivity contribution is 0.321. The molecule has 1 aromatic rings. The van der Waals surface area contributed by atoms with Crippen molar-refractivity contribution in [3.05, 3.63) is 34.1 Å². The largest absolute Gasteiger partial charge is 0.330 e. The summed E-state index contributed by atoms with van der Waals surface area (Å²) in [6.07, 6.45) is 0.893. The summed E-state index contributed by atoms with van der Waals surface area (Å²) in [6.45, 7) is 9.67. The van der Waals surface area contributed by atoms with E-state index in [0.717, 1.165) is 16.5 Å². The van der Waals surface area contributed by atoms with Gasteiger partial charge in [0, 0.05) is 22.0 Å². The third kappa shape index (κ3) is 4.86. The predicted octanol–water partition coefficient (Wildman–Crippen LogP) is 3.58. The molecular weight excluding hydrogens is 307 g/mol. The normalized spacial score (nSPS) is 12.8. The molecule has 0 spiro atoms. The molecule has 0 aliphatic rings. The second-order valence-electron chi connectivity index (χ2n) is 6.28. The maximum absolute atomic E-state index is 14.0. The van der Waals surface area contributed by atoms with Gasteiger partial charge in [-0.25, -0.2) is 4.39 Å². The summed E-state index contributed by atoms with van der Waals surface area (Å²) in [4.78, 5) is 0. The molecule has 0 radical (unpaired) electrons. The molecule has 0 aromatic heterocycles. The van der Waals surface area contributed by atoms with Crippen molar-refractivity contribution in [2.24, 2.45) is 5.73 Å². The topological polar surface area (TPSA) is 38.0 Å². The van der Waals surface area contributed by atoms with Crippen LogP contribution in [0.15, 0.2) is 22.7 Å². The Morgan fingerprint density at radius 2 is 1.89 bits per heavy atom. The van der Waals surface area contributed by atoms with Crippen LogP contribution in [-0.2, 0) is 5.41 Å². The van der Waals surface area contributed by atoms with Crippen LogP contribution in [0.4, 0.5) is 4.39 Å². The van der Waals surface area contributed by atoms with E-state index < -0.39 is 0 Å². The highest BCUT2D eigenvalue weighted by molar-refractivity contribution is 9.10. The molecule has 0 saturated carbocycles. The molecule has 0 aliphatic heterocycles. The highest BCUT2D eigenvalue weighted by Gasteiger charge is 2.27. The van der Waals surface area contributed by atoms with Crippen molar-refractivity contribution in [2.45, 2.75) is 45.1 Å². The molecule has 19 heavy (non-hydrogen) atoms. The summed E-state index contributed by atoms with van der Waals surface area (Å²) in [5, 5.41) is 3.48. The van der Waals surface area contributed by atoms with Crippen LogP contribution >= 0.6 is 15.9 Å². The van der Waals surface area contributed by atoms with Gasteiger partial charge < -0.3 is 11.1 Å². The molecule has 0 unspecified atom stereocenters. The van der Waals surface area contributed by atoms with Crippen LogP contribution in [0.1, 0.15) is 39.7 Å². The smallest absolute Gasteiger partial charge is 0.127 e.